The summed E-state index contributed by atoms with van der Waals surface area (Å²) in [6.07, 6.45) is 2.83. The van der Waals surface area contributed by atoms with Crippen LogP contribution >= 0.6 is 11.3 Å². The molecule has 7 heteroatoms. The second-order valence-electron chi connectivity index (χ2n) is 8.27. The molecular weight excluding hydrogens is 444 g/mol. The quantitative estimate of drug-likeness (QED) is 0.261. The number of aromatic nitrogens is 2. The predicted molar refractivity (Wildman–Crippen MR) is 140 cm³/mol. The highest BCUT2D eigenvalue weighted by Crippen LogP contribution is 2.31. The minimum Gasteiger partial charge on any atom is -0.497 e. The maximum absolute atomic E-state index is 12.4. The number of nitrogens with zero attached hydrogens (tertiary/aromatic N) is 1. The van der Waals surface area contributed by atoms with Crippen LogP contribution in [0.25, 0.3) is 31.7 Å². The summed E-state index contributed by atoms with van der Waals surface area (Å²) in [6.45, 7) is 3.04. The van der Waals surface area contributed by atoms with Crippen LogP contribution in [0.3, 0.4) is 0 Å². The monoisotopic (exact) mass is 470 g/mol. The van der Waals surface area contributed by atoms with Crippen LogP contribution in [-0.4, -0.2) is 36.1 Å². The number of carbonyl (C=O) groups is 1. The highest BCUT2D eigenvalue weighted by molar-refractivity contribution is 7.21. The molecule has 5 rings (SSSR count). The Morgan fingerprint density at radius 1 is 1.09 bits per heavy atom. The van der Waals surface area contributed by atoms with Gasteiger partial charge in [-0.25, -0.2) is 4.98 Å². The van der Waals surface area contributed by atoms with Gasteiger partial charge in [0.15, 0.2) is 0 Å². The van der Waals surface area contributed by atoms with Gasteiger partial charge in [0.05, 0.1) is 23.9 Å². The van der Waals surface area contributed by atoms with Crippen molar-refractivity contribution >= 4 is 44.1 Å². The van der Waals surface area contributed by atoms with E-state index in [1.165, 1.54) is 15.8 Å². The predicted octanol–water partition coefficient (Wildman–Crippen LogP) is 5.53. The first-order valence-electron chi connectivity index (χ1n) is 11.2. The summed E-state index contributed by atoms with van der Waals surface area (Å²) in [5, 5.41) is 8.31. The summed E-state index contributed by atoms with van der Waals surface area (Å²) in [6, 6.07) is 20.1. The number of nitrogens with one attached hydrogen (secondary N) is 3. The molecule has 0 unspecified atom stereocenters. The van der Waals surface area contributed by atoms with Gasteiger partial charge in [-0.05, 0) is 85.6 Å². The molecule has 0 aliphatic heterocycles. The van der Waals surface area contributed by atoms with E-state index < -0.39 is 0 Å². The van der Waals surface area contributed by atoms with Crippen molar-refractivity contribution in [1.82, 2.24) is 15.3 Å². The van der Waals surface area contributed by atoms with E-state index in [0.29, 0.717) is 6.54 Å². The van der Waals surface area contributed by atoms with Gasteiger partial charge in [0.25, 0.3) is 0 Å². The SMILES string of the molecule is COc1ccc2[nH]cc(CCNCC(=O)Nc3ccc(-c4nc5ccc(C)cc5s4)cc3)c2c1. The lowest BCUT2D eigenvalue weighted by molar-refractivity contribution is -0.115. The molecule has 5 aromatic rings. The zero-order valence-electron chi connectivity index (χ0n) is 19.1. The van der Waals surface area contributed by atoms with Gasteiger partial charge in [-0.3, -0.25) is 4.79 Å². The van der Waals surface area contributed by atoms with Gasteiger partial charge in [-0.1, -0.05) is 6.07 Å². The Morgan fingerprint density at radius 3 is 2.76 bits per heavy atom. The number of fused-ring (bicyclic) bond motifs is 2. The number of hydrogen-bond acceptors (Lipinski definition) is 5. The van der Waals surface area contributed by atoms with Gasteiger partial charge in [0.2, 0.25) is 5.91 Å². The minimum atomic E-state index is -0.0659. The fraction of sp³-hybridized carbons (Fsp3) is 0.185. The van der Waals surface area contributed by atoms with Gasteiger partial charge in [0, 0.05) is 28.4 Å². The van der Waals surface area contributed by atoms with Crippen molar-refractivity contribution in [2.24, 2.45) is 0 Å². The number of thiazole rings is 1. The van der Waals surface area contributed by atoms with Crippen molar-refractivity contribution in [2.75, 3.05) is 25.5 Å². The first-order chi connectivity index (χ1) is 16.6. The maximum Gasteiger partial charge on any atom is 0.238 e. The number of ether oxygens (including phenoxy) is 1. The number of carbonyl (C=O) groups excluding carboxylic acids is 1. The molecule has 3 aromatic carbocycles. The molecule has 0 bridgehead atoms. The number of aromatic amines is 1. The van der Waals surface area contributed by atoms with Gasteiger partial charge in [-0.2, -0.15) is 0 Å². The third kappa shape index (κ3) is 4.81. The van der Waals surface area contributed by atoms with E-state index >= 15 is 0 Å². The molecule has 0 spiro atoms. The second kappa shape index (κ2) is 9.67. The molecule has 0 aliphatic rings. The molecule has 6 nitrogen and oxygen atoms in total. The lowest BCUT2D eigenvalue weighted by atomic mass is 10.1. The van der Waals surface area contributed by atoms with Crippen LogP contribution in [0.1, 0.15) is 11.1 Å². The first-order valence-corrected chi connectivity index (χ1v) is 12.0. The summed E-state index contributed by atoms with van der Waals surface area (Å²) in [4.78, 5) is 20.4. The smallest absolute Gasteiger partial charge is 0.238 e. The third-order valence-corrected chi connectivity index (χ3v) is 6.86. The number of rotatable bonds is 8. The normalized spacial score (nSPS) is 11.2. The standard InChI is InChI=1S/C27H26N4O2S/c1-17-3-9-24-25(13-17)34-27(31-24)18-4-6-20(7-5-18)30-26(32)16-28-12-11-19-15-29-23-10-8-21(33-2)14-22(19)23/h3-10,13-15,28-29H,11-12,16H2,1-2H3,(H,30,32). The Kier molecular flexibility index (Phi) is 6.29. The minimum absolute atomic E-state index is 0.0659. The van der Waals surface area contributed by atoms with Crippen LogP contribution in [0.5, 0.6) is 5.75 Å². The van der Waals surface area contributed by atoms with Gasteiger partial charge >= 0.3 is 0 Å². The molecule has 0 saturated carbocycles. The zero-order chi connectivity index (χ0) is 23.5. The molecule has 0 atom stereocenters. The maximum atomic E-state index is 12.4. The average Bonchev–Trinajstić information content (AvgIpc) is 3.45. The Balaban J connectivity index is 1.13. The van der Waals surface area contributed by atoms with E-state index in [1.807, 2.05) is 48.7 Å². The topological polar surface area (TPSA) is 79.0 Å². The van der Waals surface area contributed by atoms with Crippen LogP contribution in [0.15, 0.2) is 66.9 Å². The van der Waals surface area contributed by atoms with Crippen LogP contribution < -0.4 is 15.4 Å². The molecule has 2 heterocycles. The fourth-order valence-electron chi connectivity index (χ4n) is 3.97. The second-order valence-corrected chi connectivity index (χ2v) is 9.30. The molecule has 0 aliphatic carbocycles. The van der Waals surface area contributed by atoms with Crippen LogP contribution in [0, 0.1) is 6.92 Å². The Labute approximate surface area is 202 Å². The van der Waals surface area contributed by atoms with Crippen LogP contribution in [-0.2, 0) is 11.2 Å². The van der Waals surface area contributed by atoms with Crippen molar-refractivity contribution in [3.63, 3.8) is 0 Å². The lowest BCUT2D eigenvalue weighted by Gasteiger charge is -2.07. The zero-order valence-corrected chi connectivity index (χ0v) is 20.0. The molecule has 0 saturated heterocycles. The Bertz CT molecular complexity index is 1450. The average molecular weight is 471 g/mol. The number of benzene rings is 3. The highest BCUT2D eigenvalue weighted by Gasteiger charge is 2.09. The Hall–Kier alpha value is -3.68. The van der Waals surface area contributed by atoms with E-state index in [1.54, 1.807) is 18.4 Å². The molecule has 172 valence electrons. The van der Waals surface area contributed by atoms with Gasteiger partial charge in [0.1, 0.15) is 10.8 Å². The number of anilines is 1. The number of amides is 1. The fourth-order valence-corrected chi connectivity index (χ4v) is 5.04. The van der Waals surface area contributed by atoms with E-state index in [0.717, 1.165) is 44.8 Å². The number of H-pyrrole nitrogens is 1. The number of aryl methyl sites for hydroxylation is 1. The van der Waals surface area contributed by atoms with Gasteiger partial charge in [-0.15, -0.1) is 11.3 Å². The molecule has 34 heavy (non-hydrogen) atoms. The summed E-state index contributed by atoms with van der Waals surface area (Å²) in [7, 11) is 1.67. The van der Waals surface area contributed by atoms with Crippen LogP contribution in [0.4, 0.5) is 5.69 Å². The molecule has 1 amide bonds. The summed E-state index contributed by atoms with van der Waals surface area (Å²) >= 11 is 1.68. The van der Waals surface area contributed by atoms with E-state index in [-0.39, 0.29) is 12.5 Å². The summed E-state index contributed by atoms with van der Waals surface area (Å²) in [5.74, 6) is 0.772. The van der Waals surface area contributed by atoms with E-state index in [4.69, 9.17) is 9.72 Å². The number of methoxy groups -OCH3 is 1. The number of hydrogen-bond donors (Lipinski definition) is 3. The Morgan fingerprint density at radius 2 is 1.94 bits per heavy atom. The first kappa shape index (κ1) is 22.1. The van der Waals surface area contributed by atoms with Crippen molar-refractivity contribution in [2.45, 2.75) is 13.3 Å². The molecule has 3 N–H and O–H groups in total. The van der Waals surface area contributed by atoms with E-state index in [9.17, 15) is 4.79 Å². The largest absolute Gasteiger partial charge is 0.497 e. The van der Waals surface area contributed by atoms with Crippen molar-refractivity contribution in [3.8, 4) is 16.3 Å². The van der Waals surface area contributed by atoms with Crippen molar-refractivity contribution in [3.05, 3.63) is 78.0 Å². The van der Waals surface area contributed by atoms with Gasteiger partial charge < -0.3 is 20.4 Å². The summed E-state index contributed by atoms with van der Waals surface area (Å²) < 4.78 is 6.51. The highest BCUT2D eigenvalue weighted by atomic mass is 32.1. The molecule has 0 fully saturated rings. The molecular formula is C27H26N4O2S. The van der Waals surface area contributed by atoms with Crippen molar-refractivity contribution in [1.29, 1.82) is 0 Å². The lowest BCUT2D eigenvalue weighted by Crippen LogP contribution is -2.29. The summed E-state index contributed by atoms with van der Waals surface area (Å²) in [5.41, 5.74) is 6.35. The van der Waals surface area contributed by atoms with Crippen molar-refractivity contribution < 1.29 is 9.53 Å². The third-order valence-electron chi connectivity index (χ3n) is 5.79. The molecule has 2 aromatic heterocycles. The molecule has 0 radical (unpaired) electrons. The van der Waals surface area contributed by atoms with E-state index in [2.05, 4.69) is 40.7 Å². The van der Waals surface area contributed by atoms with Crippen LogP contribution in [0.2, 0.25) is 0 Å².